The topological polar surface area (TPSA) is 101 Å². The molecule has 0 radical (unpaired) electrons. The van der Waals surface area contributed by atoms with Crippen molar-refractivity contribution >= 4 is 39.1 Å². The Morgan fingerprint density at radius 3 is 2.34 bits per heavy atom. The largest absolute Gasteiger partial charge is 0.337 e. The lowest BCUT2D eigenvalue weighted by atomic mass is 10.0. The maximum absolute atomic E-state index is 12.8. The maximum atomic E-state index is 12.8. The number of sulfonamides is 1. The molecule has 0 N–H and O–H groups in total. The van der Waals surface area contributed by atoms with E-state index in [1.165, 1.54) is 27.8 Å². The normalized spacial score (nSPS) is 20.0. The molecule has 2 aliphatic rings. The molecule has 1 unspecified atom stereocenters. The van der Waals surface area contributed by atoms with E-state index in [1.807, 2.05) is 6.92 Å². The predicted molar refractivity (Wildman–Crippen MR) is 104 cm³/mol. The standard InChI is InChI=1S/C19H18N2O6S2/c1-12-8-9-16(28-12)29(25,26)20-10-4-5-13(11-20)19(24)27-21-17(22)14-6-2-3-7-15(14)18(21)23/h2-3,6-9,13H,4-5,10-11H2,1H3. The third-order valence-corrected chi connectivity index (χ3v) is 8.30. The number of thiophene rings is 1. The van der Waals surface area contributed by atoms with E-state index in [0.717, 1.165) is 4.88 Å². The summed E-state index contributed by atoms with van der Waals surface area (Å²) in [5, 5.41) is 0.461. The maximum Gasteiger partial charge on any atom is 0.337 e. The number of fused-ring (bicyclic) bond motifs is 1. The molecule has 0 aliphatic carbocycles. The summed E-state index contributed by atoms with van der Waals surface area (Å²) in [6.07, 6.45) is 0.892. The summed E-state index contributed by atoms with van der Waals surface area (Å²) in [4.78, 5) is 43.3. The van der Waals surface area contributed by atoms with E-state index in [2.05, 4.69) is 0 Å². The van der Waals surface area contributed by atoms with Crippen LogP contribution in [0.1, 0.15) is 38.4 Å². The zero-order valence-electron chi connectivity index (χ0n) is 15.5. The summed E-state index contributed by atoms with van der Waals surface area (Å²) >= 11 is 1.17. The highest BCUT2D eigenvalue weighted by molar-refractivity contribution is 7.91. The molecule has 2 aliphatic heterocycles. The van der Waals surface area contributed by atoms with Crippen LogP contribution in [0.3, 0.4) is 0 Å². The summed E-state index contributed by atoms with van der Waals surface area (Å²) in [6.45, 7) is 2.07. The van der Waals surface area contributed by atoms with Gasteiger partial charge in [0.05, 0.1) is 17.0 Å². The lowest BCUT2D eigenvalue weighted by Gasteiger charge is -2.30. The molecule has 4 rings (SSSR count). The van der Waals surface area contributed by atoms with Crippen LogP contribution in [0.2, 0.25) is 0 Å². The van der Waals surface area contributed by atoms with Gasteiger partial charge in [-0.1, -0.05) is 17.2 Å². The Labute approximate surface area is 171 Å². The average Bonchev–Trinajstić information content (AvgIpc) is 3.26. The third kappa shape index (κ3) is 3.47. The molecule has 1 aromatic heterocycles. The molecule has 0 bridgehead atoms. The molecule has 8 nitrogen and oxygen atoms in total. The van der Waals surface area contributed by atoms with Crippen molar-refractivity contribution in [2.45, 2.75) is 24.0 Å². The van der Waals surface area contributed by atoms with Crippen LogP contribution >= 0.6 is 11.3 Å². The highest BCUT2D eigenvalue weighted by Crippen LogP contribution is 2.29. The number of hydrogen-bond acceptors (Lipinski definition) is 7. The van der Waals surface area contributed by atoms with Crippen LogP contribution in [0, 0.1) is 12.8 Å². The van der Waals surface area contributed by atoms with Crippen LogP contribution in [0.4, 0.5) is 0 Å². The highest BCUT2D eigenvalue weighted by Gasteiger charge is 2.41. The first-order valence-electron chi connectivity index (χ1n) is 9.05. The van der Waals surface area contributed by atoms with Gasteiger partial charge in [0, 0.05) is 18.0 Å². The van der Waals surface area contributed by atoms with Crippen molar-refractivity contribution < 1.29 is 27.6 Å². The van der Waals surface area contributed by atoms with Crippen molar-refractivity contribution in [1.29, 1.82) is 0 Å². The van der Waals surface area contributed by atoms with Gasteiger partial charge in [-0.25, -0.2) is 13.2 Å². The van der Waals surface area contributed by atoms with E-state index >= 15 is 0 Å². The van der Waals surface area contributed by atoms with Gasteiger partial charge in [0.15, 0.2) is 0 Å². The summed E-state index contributed by atoms with van der Waals surface area (Å²) in [5.41, 5.74) is 0.345. The fourth-order valence-electron chi connectivity index (χ4n) is 3.45. The second kappa shape index (κ2) is 7.36. The third-order valence-electron chi connectivity index (χ3n) is 4.97. The van der Waals surface area contributed by atoms with Gasteiger partial charge in [0.2, 0.25) is 0 Å². The summed E-state index contributed by atoms with van der Waals surface area (Å²) in [5.74, 6) is -2.95. The first-order valence-corrected chi connectivity index (χ1v) is 11.3. The van der Waals surface area contributed by atoms with Crippen LogP contribution in [-0.2, 0) is 19.7 Å². The molecule has 1 saturated heterocycles. The number of hydrogen-bond donors (Lipinski definition) is 0. The molecule has 1 aromatic carbocycles. The number of imide groups is 1. The quantitative estimate of drug-likeness (QED) is 0.684. The average molecular weight is 434 g/mol. The minimum Gasteiger partial charge on any atom is -0.329 e. The Balaban J connectivity index is 1.47. The Morgan fingerprint density at radius 1 is 1.10 bits per heavy atom. The zero-order valence-corrected chi connectivity index (χ0v) is 17.2. The van der Waals surface area contributed by atoms with Gasteiger partial charge in [-0.15, -0.1) is 11.3 Å². The number of hydroxylamine groups is 2. The van der Waals surface area contributed by atoms with E-state index in [0.29, 0.717) is 24.4 Å². The van der Waals surface area contributed by atoms with Gasteiger partial charge in [0.25, 0.3) is 21.8 Å². The van der Waals surface area contributed by atoms with Crippen molar-refractivity contribution in [2.24, 2.45) is 5.92 Å². The van der Waals surface area contributed by atoms with Gasteiger partial charge in [0.1, 0.15) is 4.21 Å². The highest BCUT2D eigenvalue weighted by atomic mass is 32.2. The van der Waals surface area contributed by atoms with E-state index in [4.69, 9.17) is 4.84 Å². The lowest BCUT2D eigenvalue weighted by molar-refractivity contribution is -0.174. The Bertz CT molecular complexity index is 1070. The molecule has 2 aromatic rings. The second-order valence-corrected chi connectivity index (χ2v) is 10.4. The molecule has 1 atom stereocenters. The molecule has 29 heavy (non-hydrogen) atoms. The fraction of sp³-hybridized carbons (Fsp3) is 0.316. The number of carbonyl (C=O) groups excluding carboxylic acids is 3. The Hall–Kier alpha value is -2.56. The van der Waals surface area contributed by atoms with Gasteiger partial charge in [-0.2, -0.15) is 4.31 Å². The van der Waals surface area contributed by atoms with E-state index in [9.17, 15) is 22.8 Å². The van der Waals surface area contributed by atoms with Crippen LogP contribution in [0.5, 0.6) is 0 Å². The number of amides is 2. The number of benzene rings is 1. The van der Waals surface area contributed by atoms with Gasteiger partial charge >= 0.3 is 5.97 Å². The summed E-state index contributed by atoms with van der Waals surface area (Å²) < 4.78 is 27.1. The first kappa shape index (κ1) is 19.7. The molecule has 0 spiro atoms. The molecule has 0 saturated carbocycles. The number of rotatable bonds is 4. The fourth-order valence-corrected chi connectivity index (χ4v) is 6.41. The zero-order chi connectivity index (χ0) is 20.8. The number of carbonyl (C=O) groups is 3. The Morgan fingerprint density at radius 2 is 1.76 bits per heavy atom. The van der Waals surface area contributed by atoms with E-state index in [1.54, 1.807) is 24.3 Å². The monoisotopic (exact) mass is 434 g/mol. The van der Waals surface area contributed by atoms with E-state index < -0.39 is 33.7 Å². The molecule has 2 amide bonds. The smallest absolute Gasteiger partial charge is 0.329 e. The number of piperidine rings is 1. The van der Waals surface area contributed by atoms with Crippen LogP contribution in [0.15, 0.2) is 40.6 Å². The second-order valence-electron chi connectivity index (χ2n) is 6.93. The first-order chi connectivity index (χ1) is 13.8. The van der Waals surface area contributed by atoms with Crippen LogP contribution < -0.4 is 0 Å². The van der Waals surface area contributed by atoms with Gasteiger partial charge in [-0.3, -0.25) is 9.59 Å². The minimum absolute atomic E-state index is 0.0543. The van der Waals surface area contributed by atoms with Crippen molar-refractivity contribution in [3.8, 4) is 0 Å². The predicted octanol–water partition coefficient (Wildman–Crippen LogP) is 2.21. The van der Waals surface area contributed by atoms with Gasteiger partial charge in [-0.05, 0) is 44.0 Å². The van der Waals surface area contributed by atoms with Crippen molar-refractivity contribution in [3.63, 3.8) is 0 Å². The van der Waals surface area contributed by atoms with Crippen LogP contribution in [0.25, 0.3) is 0 Å². The van der Waals surface area contributed by atoms with Crippen LogP contribution in [-0.4, -0.2) is 48.7 Å². The molecular formula is C19H18N2O6S2. The number of aryl methyl sites for hydroxylation is 1. The van der Waals surface area contributed by atoms with Crippen molar-refractivity contribution in [2.75, 3.05) is 13.1 Å². The van der Waals surface area contributed by atoms with Gasteiger partial charge < -0.3 is 4.84 Å². The SMILES string of the molecule is Cc1ccc(S(=O)(=O)N2CCCC(C(=O)ON3C(=O)c4ccccc4C3=O)C2)s1. The van der Waals surface area contributed by atoms with E-state index in [-0.39, 0.29) is 21.9 Å². The minimum atomic E-state index is -3.70. The molecular weight excluding hydrogens is 416 g/mol. The molecule has 152 valence electrons. The molecule has 1 fully saturated rings. The molecule has 10 heteroatoms. The summed E-state index contributed by atoms with van der Waals surface area (Å²) in [6, 6.07) is 9.49. The van der Waals surface area contributed by atoms with Crippen molar-refractivity contribution in [3.05, 3.63) is 52.4 Å². The lowest BCUT2D eigenvalue weighted by Crippen LogP contribution is -2.44. The number of nitrogens with zero attached hydrogens (tertiary/aromatic N) is 2. The Kier molecular flexibility index (Phi) is 5.01. The molecule has 3 heterocycles. The summed E-state index contributed by atoms with van der Waals surface area (Å²) in [7, 11) is -3.70. The van der Waals surface area contributed by atoms with Crippen molar-refractivity contribution in [1.82, 2.24) is 9.37 Å².